The maximum absolute atomic E-state index is 10.9. The van der Waals surface area contributed by atoms with Gasteiger partial charge < -0.3 is 9.84 Å². The molecule has 0 radical (unpaired) electrons. The van der Waals surface area contributed by atoms with Crippen LogP contribution in [0.15, 0.2) is 12.7 Å². The number of hydrogen-bond acceptors (Lipinski definition) is 3. The molecule has 12 heavy (non-hydrogen) atoms. The lowest BCUT2D eigenvalue weighted by atomic mass is 9.98. The number of hydrogen-bond donors (Lipinski definition) is 1. The second-order valence-corrected chi connectivity index (χ2v) is 2.91. The summed E-state index contributed by atoms with van der Waals surface area (Å²) in [5, 5.41) is 8.97. The minimum atomic E-state index is -1.03. The zero-order valence-electron chi connectivity index (χ0n) is 7.12. The highest BCUT2D eigenvalue weighted by Crippen LogP contribution is 2.19. The molecule has 1 aliphatic heterocycles. The Kier molecular flexibility index (Phi) is 2.49. The van der Waals surface area contributed by atoms with Gasteiger partial charge >= 0.3 is 5.97 Å². The summed E-state index contributed by atoms with van der Waals surface area (Å²) in [4.78, 5) is 12.7. The zero-order chi connectivity index (χ0) is 9.19. The number of carbonyl (C=O) groups is 1. The van der Waals surface area contributed by atoms with E-state index in [9.17, 15) is 4.79 Å². The fourth-order valence-corrected chi connectivity index (χ4v) is 1.27. The summed E-state index contributed by atoms with van der Waals surface area (Å²) in [6.07, 6.45) is 1.43. The molecule has 1 atom stereocenters. The first-order valence-electron chi connectivity index (χ1n) is 3.79. The van der Waals surface area contributed by atoms with Gasteiger partial charge in [-0.25, -0.2) is 4.79 Å². The predicted molar refractivity (Wildman–Crippen MR) is 44.0 cm³/mol. The van der Waals surface area contributed by atoms with Crippen LogP contribution in [0.4, 0.5) is 0 Å². The first-order valence-corrected chi connectivity index (χ1v) is 3.79. The van der Waals surface area contributed by atoms with Crippen LogP contribution in [0.2, 0.25) is 0 Å². The highest BCUT2D eigenvalue weighted by molar-refractivity contribution is 5.81. The Morgan fingerprint density at radius 2 is 2.50 bits per heavy atom. The normalized spacial score (nSPS) is 31.4. The minimum absolute atomic E-state index is 0.183. The van der Waals surface area contributed by atoms with Crippen molar-refractivity contribution in [2.75, 3.05) is 26.8 Å². The number of nitrogens with zero attached hydrogens (tertiary/aromatic N) is 1. The van der Waals surface area contributed by atoms with Gasteiger partial charge in [0, 0.05) is 6.54 Å². The van der Waals surface area contributed by atoms with Gasteiger partial charge in [-0.1, -0.05) is 6.08 Å². The molecule has 0 aliphatic carbocycles. The largest absolute Gasteiger partial charge is 0.480 e. The molecule has 1 fully saturated rings. The van der Waals surface area contributed by atoms with E-state index < -0.39 is 11.5 Å². The predicted octanol–water partition coefficient (Wildman–Crippen LogP) is -0.0422. The van der Waals surface area contributed by atoms with Gasteiger partial charge in [0.15, 0.2) is 5.54 Å². The molecule has 68 valence electrons. The molecule has 0 unspecified atom stereocenters. The first-order chi connectivity index (χ1) is 5.63. The molecule has 1 N–H and O–H groups in total. The lowest BCUT2D eigenvalue weighted by Gasteiger charge is -2.39. The quantitative estimate of drug-likeness (QED) is 0.592. The monoisotopic (exact) mass is 171 g/mol. The van der Waals surface area contributed by atoms with Crippen molar-refractivity contribution in [2.45, 2.75) is 5.54 Å². The van der Waals surface area contributed by atoms with Crippen LogP contribution in [-0.2, 0) is 9.53 Å². The van der Waals surface area contributed by atoms with Crippen LogP contribution in [0.3, 0.4) is 0 Å². The van der Waals surface area contributed by atoms with E-state index in [1.807, 2.05) is 0 Å². The Morgan fingerprint density at radius 3 is 2.83 bits per heavy atom. The molecule has 0 bridgehead atoms. The topological polar surface area (TPSA) is 49.8 Å². The summed E-state index contributed by atoms with van der Waals surface area (Å²) in [6, 6.07) is 0. The second-order valence-electron chi connectivity index (χ2n) is 2.91. The number of carboxylic acid groups (broad SMARTS) is 1. The molecule has 0 aromatic heterocycles. The highest BCUT2D eigenvalue weighted by atomic mass is 16.5. The zero-order valence-corrected chi connectivity index (χ0v) is 7.12. The number of aliphatic carboxylic acids is 1. The Balaban J connectivity index is 2.88. The first kappa shape index (κ1) is 9.22. The van der Waals surface area contributed by atoms with E-state index in [1.54, 1.807) is 11.9 Å². The van der Waals surface area contributed by atoms with E-state index in [-0.39, 0.29) is 6.61 Å². The Hall–Kier alpha value is -0.870. The summed E-state index contributed by atoms with van der Waals surface area (Å²) in [6.45, 7) is 4.91. The number of carboxylic acids is 1. The average Bonchev–Trinajstić information content (AvgIpc) is 2.05. The van der Waals surface area contributed by atoms with Crippen LogP contribution >= 0.6 is 0 Å². The van der Waals surface area contributed by atoms with Crippen LogP contribution in [0.1, 0.15) is 0 Å². The molecule has 0 saturated carbocycles. The van der Waals surface area contributed by atoms with Crippen molar-refractivity contribution in [3.63, 3.8) is 0 Å². The highest BCUT2D eigenvalue weighted by Gasteiger charge is 2.42. The molecule has 0 aromatic carbocycles. The molecule has 0 aromatic rings. The van der Waals surface area contributed by atoms with E-state index in [4.69, 9.17) is 9.84 Å². The van der Waals surface area contributed by atoms with Crippen molar-refractivity contribution in [3.05, 3.63) is 12.7 Å². The van der Waals surface area contributed by atoms with Crippen LogP contribution in [0.25, 0.3) is 0 Å². The molecule has 1 heterocycles. The van der Waals surface area contributed by atoms with Gasteiger partial charge in [0.2, 0.25) is 0 Å². The summed E-state index contributed by atoms with van der Waals surface area (Å²) < 4.78 is 5.11. The molecule has 1 saturated heterocycles. The summed E-state index contributed by atoms with van der Waals surface area (Å²) in [7, 11) is 1.76. The van der Waals surface area contributed by atoms with Crippen LogP contribution in [0, 0.1) is 0 Å². The number of ether oxygens (including phenoxy) is 1. The van der Waals surface area contributed by atoms with E-state index >= 15 is 0 Å². The number of likely N-dealkylation sites (N-methyl/N-ethyl adjacent to an activating group) is 1. The average molecular weight is 171 g/mol. The lowest BCUT2D eigenvalue weighted by Crippen LogP contribution is -2.58. The molecule has 0 amide bonds. The van der Waals surface area contributed by atoms with Crippen molar-refractivity contribution >= 4 is 5.97 Å². The minimum Gasteiger partial charge on any atom is -0.480 e. The van der Waals surface area contributed by atoms with Crippen LogP contribution in [0.5, 0.6) is 0 Å². The van der Waals surface area contributed by atoms with Crippen molar-refractivity contribution in [1.29, 1.82) is 0 Å². The molecule has 4 heteroatoms. The Morgan fingerprint density at radius 1 is 1.83 bits per heavy atom. The van der Waals surface area contributed by atoms with Gasteiger partial charge in [-0.05, 0) is 7.05 Å². The number of morpholine rings is 1. The van der Waals surface area contributed by atoms with Crippen molar-refractivity contribution < 1.29 is 14.6 Å². The molecular formula is C8H13NO3. The Bertz CT molecular complexity index is 204. The molecule has 1 rings (SSSR count). The fraction of sp³-hybridized carbons (Fsp3) is 0.625. The molecular weight excluding hydrogens is 158 g/mol. The third kappa shape index (κ3) is 1.23. The summed E-state index contributed by atoms with van der Waals surface area (Å²) in [5.74, 6) is -0.903. The molecule has 4 nitrogen and oxygen atoms in total. The summed E-state index contributed by atoms with van der Waals surface area (Å²) in [5.41, 5.74) is -1.03. The maximum atomic E-state index is 10.9. The lowest BCUT2D eigenvalue weighted by molar-refractivity contribution is -0.156. The van der Waals surface area contributed by atoms with Crippen LogP contribution in [-0.4, -0.2) is 48.3 Å². The van der Waals surface area contributed by atoms with E-state index in [2.05, 4.69) is 6.58 Å². The second kappa shape index (κ2) is 3.25. The van der Waals surface area contributed by atoms with Gasteiger partial charge in [-0.2, -0.15) is 0 Å². The number of rotatable bonds is 2. The van der Waals surface area contributed by atoms with Crippen molar-refractivity contribution in [2.24, 2.45) is 0 Å². The van der Waals surface area contributed by atoms with E-state index in [1.165, 1.54) is 6.08 Å². The van der Waals surface area contributed by atoms with E-state index in [0.717, 1.165) is 0 Å². The Labute approximate surface area is 71.4 Å². The summed E-state index contributed by atoms with van der Waals surface area (Å²) >= 11 is 0. The molecule has 1 aliphatic rings. The van der Waals surface area contributed by atoms with Gasteiger partial charge in [0.1, 0.15) is 0 Å². The van der Waals surface area contributed by atoms with E-state index in [0.29, 0.717) is 13.2 Å². The standard InChI is InChI=1S/C8H13NO3/c1-3-8(7(10)11)6-12-5-4-9(8)2/h3H,1,4-6H2,2H3,(H,10,11)/t8-/m0/s1. The van der Waals surface area contributed by atoms with Gasteiger partial charge in [-0.3, -0.25) is 4.90 Å². The fourth-order valence-electron chi connectivity index (χ4n) is 1.27. The third-order valence-corrected chi connectivity index (χ3v) is 2.28. The third-order valence-electron chi connectivity index (χ3n) is 2.28. The van der Waals surface area contributed by atoms with Crippen molar-refractivity contribution in [1.82, 2.24) is 4.90 Å². The van der Waals surface area contributed by atoms with Crippen LogP contribution < -0.4 is 0 Å². The SMILES string of the molecule is C=C[C@@]1(C(=O)O)COCCN1C. The van der Waals surface area contributed by atoms with Crippen molar-refractivity contribution in [3.8, 4) is 0 Å². The molecule has 0 spiro atoms. The van der Waals surface area contributed by atoms with Gasteiger partial charge in [0.05, 0.1) is 13.2 Å². The van der Waals surface area contributed by atoms with Gasteiger partial charge in [0.25, 0.3) is 0 Å². The smallest absolute Gasteiger partial charge is 0.330 e. The maximum Gasteiger partial charge on any atom is 0.330 e. The van der Waals surface area contributed by atoms with Gasteiger partial charge in [-0.15, -0.1) is 6.58 Å².